The van der Waals surface area contributed by atoms with Crippen LogP contribution in [-0.2, 0) is 11.4 Å². The van der Waals surface area contributed by atoms with Gasteiger partial charge in [0, 0.05) is 27.5 Å². The van der Waals surface area contributed by atoms with Gasteiger partial charge in [-0.15, -0.1) is 11.3 Å². The van der Waals surface area contributed by atoms with Gasteiger partial charge in [0.25, 0.3) is 0 Å². The van der Waals surface area contributed by atoms with Gasteiger partial charge in [-0.25, -0.2) is 4.39 Å². The first-order valence-corrected chi connectivity index (χ1v) is 10.1. The Labute approximate surface area is 171 Å². The Morgan fingerprint density at radius 3 is 2.62 bits per heavy atom. The number of ether oxygens (including phenoxy) is 3. The number of fused-ring (bicyclic) bond motifs is 1. The molecular formula is C22H21FO5S. The molecule has 0 radical (unpaired) electrons. The Kier molecular flexibility index (Phi) is 5.32. The maximum Gasteiger partial charge on any atom is 0.303 e. The van der Waals surface area contributed by atoms with Crippen LogP contribution in [0.3, 0.4) is 0 Å². The molecule has 1 aliphatic carbocycles. The van der Waals surface area contributed by atoms with Gasteiger partial charge in [-0.2, -0.15) is 0 Å². The van der Waals surface area contributed by atoms with Crippen molar-refractivity contribution in [1.29, 1.82) is 0 Å². The first-order chi connectivity index (χ1) is 14.0. The fraction of sp³-hybridized carbons (Fsp3) is 0.318. The van der Waals surface area contributed by atoms with Crippen molar-refractivity contribution in [2.75, 3.05) is 14.2 Å². The van der Waals surface area contributed by atoms with E-state index in [0.717, 1.165) is 27.3 Å². The predicted molar refractivity (Wildman–Crippen MR) is 109 cm³/mol. The minimum Gasteiger partial charge on any atom is -0.497 e. The van der Waals surface area contributed by atoms with Crippen LogP contribution in [0.25, 0.3) is 10.1 Å². The Morgan fingerprint density at radius 1 is 1.21 bits per heavy atom. The topological polar surface area (TPSA) is 65.0 Å². The smallest absolute Gasteiger partial charge is 0.303 e. The molecule has 0 amide bonds. The van der Waals surface area contributed by atoms with E-state index in [9.17, 15) is 4.79 Å². The summed E-state index contributed by atoms with van der Waals surface area (Å²) in [5, 5.41) is 9.45. The van der Waals surface area contributed by atoms with Crippen LogP contribution < -0.4 is 14.2 Å². The van der Waals surface area contributed by atoms with Crippen LogP contribution in [0.15, 0.2) is 36.4 Å². The highest BCUT2D eigenvalue weighted by Gasteiger charge is 2.41. The number of rotatable bonds is 8. The van der Waals surface area contributed by atoms with Gasteiger partial charge in [0.15, 0.2) is 17.3 Å². The molecule has 2 atom stereocenters. The van der Waals surface area contributed by atoms with Crippen LogP contribution in [0, 0.1) is 11.7 Å². The van der Waals surface area contributed by atoms with Crippen molar-refractivity contribution in [2.45, 2.75) is 25.4 Å². The first-order valence-electron chi connectivity index (χ1n) is 9.27. The highest BCUT2D eigenvalue weighted by atomic mass is 32.1. The van der Waals surface area contributed by atoms with Crippen LogP contribution in [0.1, 0.15) is 29.2 Å². The molecule has 4 rings (SSSR count). The van der Waals surface area contributed by atoms with E-state index >= 15 is 4.39 Å². The number of benzene rings is 2. The van der Waals surface area contributed by atoms with E-state index in [1.54, 1.807) is 13.2 Å². The minimum absolute atomic E-state index is 0.0815. The average Bonchev–Trinajstić information content (AvgIpc) is 3.33. The second-order valence-electron chi connectivity index (χ2n) is 7.12. The Balaban J connectivity index is 1.58. The maximum atomic E-state index is 15.2. The fourth-order valence-electron chi connectivity index (χ4n) is 3.51. The van der Waals surface area contributed by atoms with Gasteiger partial charge in [-0.1, -0.05) is 12.1 Å². The summed E-state index contributed by atoms with van der Waals surface area (Å²) < 4.78 is 32.3. The number of aliphatic carboxylic acids is 1. The molecule has 5 nitrogen and oxygen atoms in total. The normalized spacial score (nSPS) is 17.9. The molecule has 0 saturated heterocycles. The number of methoxy groups -OCH3 is 2. The maximum absolute atomic E-state index is 15.2. The van der Waals surface area contributed by atoms with Crippen LogP contribution >= 0.6 is 11.3 Å². The Hall–Kier alpha value is -2.80. The van der Waals surface area contributed by atoms with Crippen LogP contribution in [-0.4, -0.2) is 25.3 Å². The van der Waals surface area contributed by atoms with Gasteiger partial charge in [0.1, 0.15) is 12.4 Å². The molecule has 0 aliphatic heterocycles. The van der Waals surface area contributed by atoms with Gasteiger partial charge in [0.05, 0.1) is 14.2 Å². The van der Waals surface area contributed by atoms with Crippen molar-refractivity contribution < 1.29 is 28.5 Å². The molecule has 7 heteroatoms. The standard InChI is InChI=1S/C22H21FO5S/c1-26-14-5-3-12(4-6-14)11-28-22-17(27-2)10-19-16(21(22)23)9-18(29-19)15-7-13(15)8-20(24)25/h3-6,9-10,13,15H,7-8,11H2,1-2H3,(H,24,25). The number of hydrogen-bond acceptors (Lipinski definition) is 5. The summed E-state index contributed by atoms with van der Waals surface area (Å²) >= 11 is 1.49. The quantitative estimate of drug-likeness (QED) is 0.546. The molecule has 29 heavy (non-hydrogen) atoms. The summed E-state index contributed by atoms with van der Waals surface area (Å²) in [6.45, 7) is 0.198. The van der Waals surface area contributed by atoms with Gasteiger partial charge >= 0.3 is 5.97 Å². The van der Waals surface area contributed by atoms with Crippen LogP contribution in [0.2, 0.25) is 0 Å². The lowest BCUT2D eigenvalue weighted by Crippen LogP contribution is -2.00. The molecule has 1 aliphatic rings. The Morgan fingerprint density at radius 2 is 1.97 bits per heavy atom. The average molecular weight is 416 g/mol. The molecule has 2 aromatic carbocycles. The largest absolute Gasteiger partial charge is 0.497 e. The van der Waals surface area contributed by atoms with Crippen LogP contribution in [0.4, 0.5) is 4.39 Å². The van der Waals surface area contributed by atoms with E-state index < -0.39 is 11.8 Å². The molecule has 0 bridgehead atoms. The summed E-state index contributed by atoms with van der Waals surface area (Å²) in [6, 6.07) is 11.0. The minimum atomic E-state index is -0.791. The molecule has 0 spiro atoms. The fourth-order valence-corrected chi connectivity index (χ4v) is 4.81. The summed E-state index contributed by atoms with van der Waals surface area (Å²) in [4.78, 5) is 11.9. The van der Waals surface area contributed by atoms with Gasteiger partial charge in [-0.3, -0.25) is 4.79 Å². The number of thiophene rings is 1. The summed E-state index contributed by atoms with van der Waals surface area (Å²) in [7, 11) is 3.08. The zero-order chi connectivity index (χ0) is 20.5. The molecule has 1 fully saturated rings. The Bertz CT molecular complexity index is 1040. The number of halogens is 1. The van der Waals surface area contributed by atoms with Gasteiger partial charge in [0.2, 0.25) is 0 Å². The summed E-state index contributed by atoms with van der Waals surface area (Å²) in [5.74, 6) is 0.249. The molecule has 1 N–H and O–H groups in total. The predicted octanol–water partition coefficient (Wildman–Crippen LogP) is 5.21. The monoisotopic (exact) mass is 416 g/mol. The third-order valence-electron chi connectivity index (χ3n) is 5.19. The zero-order valence-electron chi connectivity index (χ0n) is 16.1. The van der Waals surface area contributed by atoms with Crippen LogP contribution in [0.5, 0.6) is 17.2 Å². The van der Waals surface area contributed by atoms with Crippen molar-refractivity contribution in [3.63, 3.8) is 0 Å². The zero-order valence-corrected chi connectivity index (χ0v) is 16.9. The van der Waals surface area contributed by atoms with Crippen molar-refractivity contribution in [2.24, 2.45) is 5.92 Å². The van der Waals surface area contributed by atoms with E-state index in [1.165, 1.54) is 18.4 Å². The molecule has 1 aromatic heterocycles. The second kappa shape index (κ2) is 7.91. The van der Waals surface area contributed by atoms with E-state index in [-0.39, 0.29) is 30.6 Å². The highest BCUT2D eigenvalue weighted by Crippen LogP contribution is 2.53. The summed E-state index contributed by atoms with van der Waals surface area (Å²) in [6.07, 6.45) is 0.986. The second-order valence-corrected chi connectivity index (χ2v) is 8.23. The molecule has 1 saturated carbocycles. The number of carboxylic acids is 1. The molecule has 3 aromatic rings. The van der Waals surface area contributed by atoms with Crippen molar-refractivity contribution in [3.05, 3.63) is 52.7 Å². The molecule has 152 valence electrons. The third-order valence-corrected chi connectivity index (χ3v) is 6.40. The first kappa shape index (κ1) is 19.5. The van der Waals surface area contributed by atoms with Crippen molar-refractivity contribution in [3.8, 4) is 17.2 Å². The lowest BCUT2D eigenvalue weighted by molar-refractivity contribution is -0.137. The summed E-state index contributed by atoms with van der Waals surface area (Å²) in [5.41, 5.74) is 0.882. The van der Waals surface area contributed by atoms with Gasteiger partial charge in [-0.05, 0) is 42.0 Å². The lowest BCUT2D eigenvalue weighted by Gasteiger charge is -2.12. The lowest BCUT2D eigenvalue weighted by atomic mass is 10.1. The molecule has 1 heterocycles. The number of carbonyl (C=O) groups is 1. The van der Waals surface area contributed by atoms with E-state index in [1.807, 2.05) is 30.3 Å². The molecule has 2 unspecified atom stereocenters. The van der Waals surface area contributed by atoms with Crippen molar-refractivity contribution in [1.82, 2.24) is 0 Å². The van der Waals surface area contributed by atoms with Gasteiger partial charge < -0.3 is 19.3 Å². The number of hydrogen-bond donors (Lipinski definition) is 1. The SMILES string of the molecule is COc1ccc(COc2c(OC)cc3sc(C4CC4CC(=O)O)cc3c2F)cc1. The number of carboxylic acid groups (broad SMARTS) is 1. The molecular weight excluding hydrogens is 395 g/mol. The van der Waals surface area contributed by atoms with E-state index in [0.29, 0.717) is 11.1 Å². The third kappa shape index (κ3) is 4.00. The van der Waals surface area contributed by atoms with Crippen molar-refractivity contribution >= 4 is 27.4 Å². The highest BCUT2D eigenvalue weighted by molar-refractivity contribution is 7.19. The van der Waals surface area contributed by atoms with E-state index in [4.69, 9.17) is 19.3 Å². The van der Waals surface area contributed by atoms with E-state index in [2.05, 4.69) is 0 Å².